The second kappa shape index (κ2) is 19.5. The van der Waals surface area contributed by atoms with Crippen molar-refractivity contribution in [3.8, 4) is 66.8 Å². The Morgan fingerprint density at radius 3 is 0.649 bits per heavy atom. The molecule has 13 rings (SSSR count). The highest BCUT2D eigenvalue weighted by Crippen LogP contribution is 2.56. The average Bonchev–Trinajstić information content (AvgIpc) is 3.48. The maximum Gasteiger partial charge on any atom is -0.00139 e. The van der Waals surface area contributed by atoms with Gasteiger partial charge >= 0.3 is 0 Å². The van der Waals surface area contributed by atoms with Crippen LogP contribution in [0.5, 0.6) is 0 Å². The number of hydrogen-bond acceptors (Lipinski definition) is 0. The van der Waals surface area contributed by atoms with Crippen LogP contribution in [0.3, 0.4) is 0 Å². The van der Waals surface area contributed by atoms with E-state index < -0.39 is 0 Å². The lowest BCUT2D eigenvalue weighted by Gasteiger charge is -2.29. The van der Waals surface area contributed by atoms with Crippen molar-refractivity contribution in [1.82, 2.24) is 0 Å². The van der Waals surface area contributed by atoms with Crippen molar-refractivity contribution in [3.63, 3.8) is 0 Å². The second-order valence-electron chi connectivity index (χ2n) is 19.1. The van der Waals surface area contributed by atoms with E-state index >= 15 is 0 Å². The number of fused-ring (bicyclic) bond motifs is 4. The van der Waals surface area contributed by atoms with E-state index in [-0.39, 0.29) is 0 Å². The highest BCUT2D eigenvalue weighted by atomic mass is 14.3. The lowest BCUT2D eigenvalue weighted by atomic mass is 9.74. The summed E-state index contributed by atoms with van der Waals surface area (Å²) in [6.45, 7) is 0. The first-order valence-electron chi connectivity index (χ1n) is 25.6. The molecule has 0 saturated carbocycles. The van der Waals surface area contributed by atoms with Crippen molar-refractivity contribution < 1.29 is 0 Å². The van der Waals surface area contributed by atoms with Crippen LogP contribution in [0.2, 0.25) is 0 Å². The Bertz CT molecular complexity index is 3840. The summed E-state index contributed by atoms with van der Waals surface area (Å²) in [5.74, 6) is 0. The first-order chi connectivity index (χ1) is 36.7. The van der Waals surface area contributed by atoms with Crippen LogP contribution in [0, 0.1) is 0 Å². The molecule has 0 spiro atoms. The fraction of sp³-hybridized carbons (Fsp3) is 0. The normalized spacial score (nSPS) is 11.7. The van der Waals surface area contributed by atoms with Gasteiger partial charge in [-0.25, -0.2) is 0 Å². The molecule has 0 saturated heterocycles. The molecule has 0 radical (unpaired) electrons. The molecule has 0 nitrogen and oxygen atoms in total. The first-order valence-corrected chi connectivity index (χ1v) is 25.6. The van der Waals surface area contributed by atoms with Crippen LogP contribution in [0.1, 0.15) is 22.3 Å². The van der Waals surface area contributed by atoms with Gasteiger partial charge in [0.05, 0.1) is 0 Å². The minimum Gasteiger partial charge on any atom is -0.0622 e. The maximum absolute atomic E-state index is 2.34. The number of hydrogen-bond donors (Lipinski definition) is 0. The van der Waals surface area contributed by atoms with Crippen molar-refractivity contribution >= 4 is 67.4 Å². The molecule has 13 aromatic carbocycles. The summed E-state index contributed by atoms with van der Waals surface area (Å²) >= 11 is 0. The molecule has 0 atom stereocenters. The highest BCUT2D eigenvalue weighted by molar-refractivity contribution is 6.16. The molecule has 0 heteroatoms. The summed E-state index contributed by atoms with van der Waals surface area (Å²) in [7, 11) is 0. The summed E-state index contributed by atoms with van der Waals surface area (Å²) in [5.41, 5.74) is 18.9. The molecule has 0 N–H and O–H groups in total. The molecule has 0 heterocycles. The van der Waals surface area contributed by atoms with E-state index in [4.69, 9.17) is 0 Å². The van der Waals surface area contributed by atoms with E-state index in [1.807, 2.05) is 0 Å². The SMILES string of the molecule is C(=C\c1c2ccccc2cc2ccccc12)/c1ccc(-c2c(-c3ccccc3)c(-c3ccccc3)c(-c3ccccc3)c(-c3ccccc3)c2-c2ccc(/C=C/c3c4ccccc4cc4ccccc34)cc2)cc1. The zero-order chi connectivity index (χ0) is 49.2. The molecule has 0 aliphatic carbocycles. The van der Waals surface area contributed by atoms with Gasteiger partial charge in [-0.15, -0.1) is 0 Å². The van der Waals surface area contributed by atoms with E-state index in [1.54, 1.807) is 0 Å². The van der Waals surface area contributed by atoms with Crippen LogP contribution in [0.25, 0.3) is 134 Å². The van der Waals surface area contributed by atoms with Gasteiger partial charge in [0, 0.05) is 0 Å². The Labute approximate surface area is 433 Å². The minimum absolute atomic E-state index is 1.14. The van der Waals surface area contributed by atoms with Crippen LogP contribution in [-0.4, -0.2) is 0 Å². The highest BCUT2D eigenvalue weighted by Gasteiger charge is 2.29. The van der Waals surface area contributed by atoms with Crippen LogP contribution < -0.4 is 0 Å². The second-order valence-corrected chi connectivity index (χ2v) is 19.1. The smallest absolute Gasteiger partial charge is 0.00139 e. The van der Waals surface area contributed by atoms with Crippen LogP contribution in [0.15, 0.2) is 279 Å². The van der Waals surface area contributed by atoms with Crippen molar-refractivity contribution in [1.29, 1.82) is 0 Å². The van der Waals surface area contributed by atoms with Gasteiger partial charge in [-0.05, 0) is 144 Å². The van der Waals surface area contributed by atoms with Gasteiger partial charge in [0.1, 0.15) is 0 Å². The van der Waals surface area contributed by atoms with Gasteiger partial charge < -0.3 is 0 Å². The standard InChI is InChI=1S/C74H50/c1-5-21-53(22-6-1)69-70(54-23-7-2-8-24-54)72(56-27-11-4-12-28-56)74(58-45-39-52(40-46-58)42-48-68-65-35-19-15-31-61(65)50-62-32-16-20-36-66(62)68)73(71(69)55-25-9-3-10-26-55)57-43-37-51(38-44-57)41-47-67-63-33-17-13-29-59(63)49-60-30-14-18-34-64(60)67/h1-50H/b47-41+,48-42+. The Morgan fingerprint density at radius 1 is 0.176 bits per heavy atom. The third-order valence-corrected chi connectivity index (χ3v) is 14.7. The number of rotatable bonds is 10. The van der Waals surface area contributed by atoms with Crippen molar-refractivity contribution in [2.24, 2.45) is 0 Å². The Morgan fingerprint density at radius 2 is 0.392 bits per heavy atom. The van der Waals surface area contributed by atoms with Crippen molar-refractivity contribution in [3.05, 3.63) is 301 Å². The molecule has 0 aliphatic heterocycles. The monoisotopic (exact) mass is 938 g/mol. The van der Waals surface area contributed by atoms with Crippen molar-refractivity contribution in [2.45, 2.75) is 0 Å². The molecule has 13 aromatic rings. The predicted octanol–water partition coefficient (Wildman–Crippen LogP) is 20.6. The van der Waals surface area contributed by atoms with E-state index in [1.165, 1.54) is 98.7 Å². The third-order valence-electron chi connectivity index (χ3n) is 14.7. The van der Waals surface area contributed by atoms with Gasteiger partial charge in [0.2, 0.25) is 0 Å². The molecule has 74 heavy (non-hydrogen) atoms. The molecule has 0 bridgehead atoms. The van der Waals surface area contributed by atoms with Gasteiger partial charge in [-0.1, -0.05) is 291 Å². The molecule has 0 aromatic heterocycles. The molecular formula is C74H50. The number of benzene rings is 13. The third kappa shape index (κ3) is 8.29. The summed E-state index contributed by atoms with van der Waals surface area (Å²) in [4.78, 5) is 0. The summed E-state index contributed by atoms with van der Waals surface area (Å²) in [5, 5.41) is 9.97. The zero-order valence-corrected chi connectivity index (χ0v) is 40.9. The van der Waals surface area contributed by atoms with Crippen molar-refractivity contribution in [2.75, 3.05) is 0 Å². The molecule has 0 fully saturated rings. The van der Waals surface area contributed by atoms with E-state index in [2.05, 4.69) is 303 Å². The Hall–Kier alpha value is -9.62. The molecule has 0 amide bonds. The Balaban J connectivity index is 1.06. The van der Waals surface area contributed by atoms with E-state index in [0.29, 0.717) is 0 Å². The molecule has 346 valence electrons. The summed E-state index contributed by atoms with van der Waals surface area (Å²) in [6.07, 6.45) is 9.14. The van der Waals surface area contributed by atoms with Gasteiger partial charge in [0.25, 0.3) is 0 Å². The van der Waals surface area contributed by atoms with Crippen LogP contribution >= 0.6 is 0 Å². The average molecular weight is 939 g/mol. The lowest BCUT2D eigenvalue weighted by molar-refractivity contribution is 1.51. The van der Waals surface area contributed by atoms with Crippen LogP contribution in [-0.2, 0) is 0 Å². The zero-order valence-electron chi connectivity index (χ0n) is 40.9. The maximum atomic E-state index is 2.34. The van der Waals surface area contributed by atoms with Gasteiger partial charge in [-0.3, -0.25) is 0 Å². The molecular weight excluding hydrogens is 889 g/mol. The minimum atomic E-state index is 1.14. The lowest BCUT2D eigenvalue weighted by Crippen LogP contribution is -2.02. The quantitative estimate of drug-likeness (QED) is 0.0947. The summed E-state index contributed by atoms with van der Waals surface area (Å²) in [6, 6.07) is 102. The topological polar surface area (TPSA) is 0 Å². The largest absolute Gasteiger partial charge is 0.0622 e. The molecule has 0 unspecified atom stereocenters. The van der Waals surface area contributed by atoms with Gasteiger partial charge in [0.15, 0.2) is 0 Å². The summed E-state index contributed by atoms with van der Waals surface area (Å²) < 4.78 is 0. The predicted molar refractivity (Wildman–Crippen MR) is 320 cm³/mol. The Kier molecular flexibility index (Phi) is 11.7. The fourth-order valence-electron chi connectivity index (χ4n) is 11.2. The van der Waals surface area contributed by atoms with E-state index in [0.717, 1.165) is 33.4 Å². The van der Waals surface area contributed by atoms with E-state index in [9.17, 15) is 0 Å². The van der Waals surface area contributed by atoms with Gasteiger partial charge in [-0.2, -0.15) is 0 Å². The first kappa shape index (κ1) is 44.3. The van der Waals surface area contributed by atoms with Crippen LogP contribution in [0.4, 0.5) is 0 Å². The molecule has 0 aliphatic rings. The fourth-order valence-corrected chi connectivity index (χ4v) is 11.2.